The molecule has 1 fully saturated rings. The maximum atomic E-state index is 12.7. The Morgan fingerprint density at radius 2 is 2.07 bits per heavy atom. The Bertz CT molecular complexity index is 830. The summed E-state index contributed by atoms with van der Waals surface area (Å²) in [6.07, 6.45) is 0.630. The van der Waals surface area contributed by atoms with Crippen LogP contribution in [0, 0.1) is 12.8 Å². The number of rotatable bonds is 7. The molecule has 10 heteroatoms. The third-order valence-electron chi connectivity index (χ3n) is 4.60. The smallest absolute Gasteiger partial charge is 0.330 e. The highest BCUT2D eigenvalue weighted by atomic mass is 16.5. The summed E-state index contributed by atoms with van der Waals surface area (Å²) < 4.78 is 6.96. The Hall–Kier alpha value is -2.46. The number of aliphatic hydroxyl groups excluding tert-OH is 1. The summed E-state index contributed by atoms with van der Waals surface area (Å²) in [6.45, 7) is 6.44. The number of nitrogens with one attached hydrogen (secondary N) is 3. The molecule has 0 saturated carbocycles. The fourth-order valence-electron chi connectivity index (χ4n) is 3.25. The summed E-state index contributed by atoms with van der Waals surface area (Å²) in [4.78, 5) is 49.9. The second-order valence-corrected chi connectivity index (χ2v) is 7.52. The van der Waals surface area contributed by atoms with Gasteiger partial charge in [-0.05, 0) is 19.3 Å². The number of aromatic nitrogens is 2. The van der Waals surface area contributed by atoms with Crippen molar-refractivity contribution in [1.29, 1.82) is 0 Å². The SMILES string of the molecule is CC(=O)N[C@H](CC(C)C)C(=O)N[C@H]1C[C@H](n2cc(C)c(=O)[nH]c2=O)O[C@@H]1CO. The Kier molecular flexibility index (Phi) is 7.14. The molecule has 156 valence electrons. The molecule has 1 aliphatic rings. The minimum Gasteiger partial charge on any atom is -0.394 e. The van der Waals surface area contributed by atoms with E-state index < -0.39 is 35.7 Å². The van der Waals surface area contributed by atoms with E-state index in [1.807, 2.05) is 13.8 Å². The molecule has 2 heterocycles. The second kappa shape index (κ2) is 9.16. The highest BCUT2D eigenvalue weighted by Crippen LogP contribution is 2.27. The fourth-order valence-corrected chi connectivity index (χ4v) is 3.25. The van der Waals surface area contributed by atoms with Gasteiger partial charge in [0, 0.05) is 25.1 Å². The first kappa shape index (κ1) is 21.8. The van der Waals surface area contributed by atoms with E-state index in [0.717, 1.165) is 0 Å². The molecule has 0 radical (unpaired) electrons. The van der Waals surface area contributed by atoms with Crippen LogP contribution in [-0.2, 0) is 14.3 Å². The van der Waals surface area contributed by atoms with Gasteiger partial charge in [0.15, 0.2) is 0 Å². The quantitative estimate of drug-likeness (QED) is 0.473. The molecule has 10 nitrogen and oxygen atoms in total. The fraction of sp³-hybridized carbons (Fsp3) is 0.667. The zero-order valence-electron chi connectivity index (χ0n) is 16.5. The maximum absolute atomic E-state index is 12.7. The summed E-state index contributed by atoms with van der Waals surface area (Å²) >= 11 is 0. The van der Waals surface area contributed by atoms with E-state index in [1.165, 1.54) is 17.7 Å². The summed E-state index contributed by atoms with van der Waals surface area (Å²) in [5.41, 5.74) is -0.756. The highest BCUT2D eigenvalue weighted by Gasteiger charge is 2.38. The van der Waals surface area contributed by atoms with Crippen LogP contribution in [0.4, 0.5) is 0 Å². The largest absolute Gasteiger partial charge is 0.394 e. The van der Waals surface area contributed by atoms with Gasteiger partial charge in [0.05, 0.1) is 12.6 Å². The number of aliphatic hydroxyl groups is 1. The Labute approximate surface area is 162 Å². The summed E-state index contributed by atoms with van der Waals surface area (Å²) in [7, 11) is 0. The van der Waals surface area contributed by atoms with Crippen molar-refractivity contribution in [1.82, 2.24) is 20.2 Å². The first-order chi connectivity index (χ1) is 13.1. The number of carbonyl (C=O) groups is 2. The average Bonchev–Trinajstić information content (AvgIpc) is 2.99. The van der Waals surface area contributed by atoms with Crippen molar-refractivity contribution in [2.24, 2.45) is 5.92 Å². The molecule has 2 rings (SSSR count). The van der Waals surface area contributed by atoms with E-state index in [1.54, 1.807) is 6.92 Å². The van der Waals surface area contributed by atoms with Crippen LogP contribution in [0.25, 0.3) is 0 Å². The minimum atomic E-state index is -0.741. The predicted molar refractivity (Wildman–Crippen MR) is 101 cm³/mol. The number of amides is 2. The van der Waals surface area contributed by atoms with Gasteiger partial charge in [0.25, 0.3) is 5.56 Å². The van der Waals surface area contributed by atoms with Crippen molar-refractivity contribution in [3.8, 4) is 0 Å². The van der Waals surface area contributed by atoms with Crippen molar-refractivity contribution in [2.45, 2.75) is 65.0 Å². The molecular formula is C18H28N4O6. The van der Waals surface area contributed by atoms with Crippen molar-refractivity contribution >= 4 is 11.8 Å². The van der Waals surface area contributed by atoms with E-state index in [0.29, 0.717) is 12.0 Å². The lowest BCUT2D eigenvalue weighted by atomic mass is 10.0. The number of hydrogen-bond donors (Lipinski definition) is 4. The van der Waals surface area contributed by atoms with Crippen LogP contribution in [0.2, 0.25) is 0 Å². The average molecular weight is 396 g/mol. The molecule has 4 atom stereocenters. The van der Waals surface area contributed by atoms with Gasteiger partial charge in [-0.3, -0.25) is 23.9 Å². The lowest BCUT2D eigenvalue weighted by molar-refractivity contribution is -0.129. The molecule has 2 amide bonds. The number of nitrogens with zero attached hydrogens (tertiary/aromatic N) is 1. The third-order valence-corrected chi connectivity index (χ3v) is 4.60. The molecule has 1 aromatic heterocycles. The van der Waals surface area contributed by atoms with E-state index in [-0.39, 0.29) is 30.8 Å². The van der Waals surface area contributed by atoms with Crippen LogP contribution >= 0.6 is 0 Å². The number of carbonyl (C=O) groups excluding carboxylic acids is 2. The van der Waals surface area contributed by atoms with Crippen LogP contribution in [0.3, 0.4) is 0 Å². The number of ether oxygens (including phenoxy) is 1. The molecule has 1 saturated heterocycles. The Balaban J connectivity index is 2.16. The van der Waals surface area contributed by atoms with Gasteiger partial charge < -0.3 is 20.5 Å². The number of aromatic amines is 1. The molecule has 0 bridgehead atoms. The summed E-state index contributed by atoms with van der Waals surface area (Å²) in [6, 6.07) is -1.25. The summed E-state index contributed by atoms with van der Waals surface area (Å²) in [5, 5.41) is 15.1. The van der Waals surface area contributed by atoms with Crippen molar-refractivity contribution in [3.63, 3.8) is 0 Å². The standard InChI is InChI=1S/C18H28N4O6/c1-9(2)5-13(19-11(4)24)17(26)20-12-6-15(28-14(12)8-23)22-7-10(3)16(25)21-18(22)27/h7,9,12-15,23H,5-6,8H2,1-4H3,(H,19,24)(H,20,26)(H,21,25,27)/t12-,13+,14+,15+/m0/s1. The van der Waals surface area contributed by atoms with Gasteiger partial charge in [-0.15, -0.1) is 0 Å². The number of H-pyrrole nitrogens is 1. The van der Waals surface area contributed by atoms with Crippen LogP contribution in [-0.4, -0.2) is 51.3 Å². The Morgan fingerprint density at radius 3 is 2.64 bits per heavy atom. The normalized spacial score (nSPS) is 22.9. The van der Waals surface area contributed by atoms with Crippen molar-refractivity contribution in [2.75, 3.05) is 6.61 Å². The topological polar surface area (TPSA) is 143 Å². The molecule has 28 heavy (non-hydrogen) atoms. The van der Waals surface area contributed by atoms with Crippen molar-refractivity contribution in [3.05, 3.63) is 32.6 Å². The van der Waals surface area contributed by atoms with Crippen molar-refractivity contribution < 1.29 is 19.4 Å². The molecule has 0 aliphatic carbocycles. The number of hydrogen-bond acceptors (Lipinski definition) is 6. The predicted octanol–water partition coefficient (Wildman–Crippen LogP) is -0.840. The Morgan fingerprint density at radius 1 is 1.39 bits per heavy atom. The second-order valence-electron chi connectivity index (χ2n) is 7.52. The monoisotopic (exact) mass is 396 g/mol. The molecule has 0 spiro atoms. The van der Waals surface area contributed by atoms with Gasteiger partial charge >= 0.3 is 5.69 Å². The van der Waals surface area contributed by atoms with Gasteiger partial charge in [0.1, 0.15) is 18.4 Å². The van der Waals surface area contributed by atoms with Crippen LogP contribution in [0.1, 0.15) is 45.4 Å². The lowest BCUT2D eigenvalue weighted by Gasteiger charge is -2.23. The van der Waals surface area contributed by atoms with Gasteiger partial charge in [0.2, 0.25) is 11.8 Å². The number of aryl methyl sites for hydroxylation is 1. The third kappa shape index (κ3) is 5.29. The summed E-state index contributed by atoms with van der Waals surface area (Å²) in [5.74, 6) is -0.497. The van der Waals surface area contributed by atoms with Gasteiger partial charge in [-0.25, -0.2) is 4.79 Å². The highest BCUT2D eigenvalue weighted by molar-refractivity contribution is 5.87. The van der Waals surface area contributed by atoms with E-state index in [4.69, 9.17) is 4.74 Å². The minimum absolute atomic E-state index is 0.187. The first-order valence-electron chi connectivity index (χ1n) is 9.28. The van der Waals surface area contributed by atoms with E-state index in [2.05, 4.69) is 15.6 Å². The first-order valence-corrected chi connectivity index (χ1v) is 9.28. The molecule has 1 aliphatic heterocycles. The van der Waals surface area contributed by atoms with Crippen LogP contribution < -0.4 is 21.9 Å². The zero-order valence-corrected chi connectivity index (χ0v) is 16.5. The lowest BCUT2D eigenvalue weighted by Crippen LogP contribution is -2.52. The van der Waals surface area contributed by atoms with E-state index in [9.17, 15) is 24.3 Å². The molecule has 1 aromatic rings. The molecule has 4 N–H and O–H groups in total. The van der Waals surface area contributed by atoms with E-state index >= 15 is 0 Å². The van der Waals surface area contributed by atoms with Gasteiger partial charge in [-0.1, -0.05) is 13.8 Å². The maximum Gasteiger partial charge on any atom is 0.330 e. The zero-order chi connectivity index (χ0) is 21.0. The van der Waals surface area contributed by atoms with Crippen LogP contribution in [0.5, 0.6) is 0 Å². The molecule has 0 aromatic carbocycles. The molecular weight excluding hydrogens is 368 g/mol. The van der Waals surface area contributed by atoms with Gasteiger partial charge in [-0.2, -0.15) is 0 Å². The molecule has 0 unspecified atom stereocenters. The van der Waals surface area contributed by atoms with Crippen LogP contribution in [0.15, 0.2) is 15.8 Å².